The van der Waals surface area contributed by atoms with Crippen molar-refractivity contribution in [3.63, 3.8) is 0 Å². The molecular weight excluding hydrogens is 1490 g/mol. The first-order chi connectivity index (χ1) is 31.4. The summed E-state index contributed by atoms with van der Waals surface area (Å²) in [6.07, 6.45) is 6.96. The summed E-state index contributed by atoms with van der Waals surface area (Å²) in [6, 6.07) is 22.8. The van der Waals surface area contributed by atoms with Crippen molar-refractivity contribution < 1.29 is 189 Å². The van der Waals surface area contributed by atoms with Crippen molar-refractivity contribution in [1.82, 2.24) is 79.4 Å². The van der Waals surface area contributed by atoms with E-state index < -0.39 is 0 Å². The molecule has 0 saturated heterocycles. The predicted octanol–water partition coefficient (Wildman–Crippen LogP) is -20.6. The molecule has 0 fully saturated rings. The first kappa shape index (κ1) is 93.9. The zero-order chi connectivity index (χ0) is 43.8. The SMILES string of the molecule is CC1=Nn2c(nnc2-c2ccccn2)SC1.CC1=Nn2c(nnc2-c2ccccn2)SC1.CC1=Nn2c(nnc2-c2ccccn2)SC1.CC1=Nn2c(nnc2-c2ccccn2)SC1.O.O.O.O.[Cl-].[Cl-].[Cl-].[Cl-].[Cl-].[Cl-].[Cl-].[Cl-].[Cu+2].[Cu+2].[Cu+2].[Cu+2]. The van der Waals surface area contributed by atoms with E-state index in [-0.39, 0.29) is 189 Å². The van der Waals surface area contributed by atoms with Gasteiger partial charge in [-0.2, -0.15) is 39.1 Å². The third-order valence-corrected chi connectivity index (χ3v) is 13.0. The standard InChI is InChI=1S/4C10H9N5S.8ClH.4Cu.4H2O/c4*1-7-6-16-10-13-12-9(15(10)14-7)8-4-2-3-5-11-8;;;;;;;;;;;;;;;;/h4*2-5H,6H2,1H3;8*1H;;;;;4*1H2/q;;;;;;;;;;;;4*+2;;;;/p-8. The Balaban J connectivity index is -0.000000135. The second-order valence-electron chi connectivity index (χ2n) is 13.8. The van der Waals surface area contributed by atoms with Gasteiger partial charge in [-0.25, -0.2) is 0 Å². The third-order valence-electron chi connectivity index (χ3n) is 8.75. The van der Waals surface area contributed by atoms with Gasteiger partial charge in [-0.3, -0.25) is 19.9 Å². The Labute approximate surface area is 568 Å². The number of nitrogens with zero attached hydrogens (tertiary/aromatic N) is 20. The molecule has 0 spiro atoms. The summed E-state index contributed by atoms with van der Waals surface area (Å²) in [6.45, 7) is 7.99. The molecule has 80 heavy (non-hydrogen) atoms. The van der Waals surface area contributed by atoms with Crippen molar-refractivity contribution in [2.45, 2.75) is 48.3 Å². The van der Waals surface area contributed by atoms with Gasteiger partial charge in [-0.1, -0.05) is 71.3 Å². The van der Waals surface area contributed by atoms with Crippen molar-refractivity contribution in [3.8, 4) is 46.1 Å². The minimum Gasteiger partial charge on any atom is -1.00 e. The Hall–Kier alpha value is -2.52. The molecule has 8 aromatic rings. The van der Waals surface area contributed by atoms with Gasteiger partial charge >= 0.3 is 68.3 Å². The quantitative estimate of drug-likeness (QED) is 0.148. The van der Waals surface area contributed by atoms with E-state index in [2.05, 4.69) is 81.1 Å². The summed E-state index contributed by atoms with van der Waals surface area (Å²) >= 11 is 6.57. The van der Waals surface area contributed by atoms with Crippen LogP contribution in [0.2, 0.25) is 0 Å². The first-order valence-electron chi connectivity index (χ1n) is 19.5. The molecule has 24 nitrogen and oxygen atoms in total. The van der Waals surface area contributed by atoms with Crippen LogP contribution in [-0.4, -0.2) is 147 Å². The molecule has 0 atom stereocenters. The molecule has 12 rings (SSSR count). The Morgan fingerprint density at radius 1 is 0.300 bits per heavy atom. The van der Waals surface area contributed by atoms with Crippen LogP contribution in [0.4, 0.5) is 0 Å². The molecule has 0 unspecified atom stereocenters. The van der Waals surface area contributed by atoms with Crippen LogP contribution in [0.25, 0.3) is 46.1 Å². The van der Waals surface area contributed by atoms with E-state index in [1.165, 1.54) is 0 Å². The van der Waals surface area contributed by atoms with Gasteiger partial charge in [0.05, 0.1) is 0 Å². The molecule has 8 N–H and O–H groups in total. The van der Waals surface area contributed by atoms with Crippen molar-refractivity contribution in [2.24, 2.45) is 20.4 Å². The molecule has 40 heteroatoms. The number of halogens is 8. The monoisotopic (exact) mass is 1530 g/mol. The number of thioether (sulfide) groups is 4. The Morgan fingerprint density at radius 2 is 0.487 bits per heavy atom. The van der Waals surface area contributed by atoms with Crippen LogP contribution >= 0.6 is 47.0 Å². The largest absolute Gasteiger partial charge is 2.00 e. The van der Waals surface area contributed by atoms with Crippen molar-refractivity contribution in [3.05, 3.63) is 97.6 Å². The van der Waals surface area contributed by atoms with E-state index in [9.17, 15) is 0 Å². The van der Waals surface area contributed by atoms with Crippen LogP contribution in [0.1, 0.15) is 27.7 Å². The third kappa shape index (κ3) is 23.5. The Kier molecular flexibility index (Phi) is 53.8. The van der Waals surface area contributed by atoms with Gasteiger partial charge in [0.2, 0.25) is 43.9 Å². The number of fused-ring (bicyclic) bond motifs is 4. The molecule has 4 aliphatic rings. The minimum atomic E-state index is 0. The van der Waals surface area contributed by atoms with Crippen LogP contribution in [0.5, 0.6) is 0 Å². The average molecular weight is 1540 g/mol. The fourth-order valence-electron chi connectivity index (χ4n) is 5.88. The van der Waals surface area contributed by atoms with Crippen LogP contribution in [0.3, 0.4) is 0 Å². The zero-order valence-corrected chi connectivity index (χ0v) is 54.0. The van der Waals surface area contributed by atoms with E-state index in [0.717, 1.165) is 89.3 Å². The molecule has 12 heterocycles. The summed E-state index contributed by atoms with van der Waals surface area (Å²) in [7, 11) is 0. The first-order valence-corrected chi connectivity index (χ1v) is 23.5. The summed E-state index contributed by atoms with van der Waals surface area (Å²) in [5, 5.41) is 53.9. The van der Waals surface area contributed by atoms with Gasteiger partial charge in [0.15, 0.2) is 0 Å². The molecule has 0 aliphatic carbocycles. The Morgan fingerprint density at radius 3 is 0.650 bits per heavy atom. The average Bonchev–Trinajstić information content (AvgIpc) is 4.16. The van der Waals surface area contributed by atoms with E-state index in [1.807, 2.05) is 100 Å². The molecular formula is C40H44Cl8Cu4N20O4S4. The smallest absolute Gasteiger partial charge is 1.00 e. The van der Waals surface area contributed by atoms with Crippen LogP contribution in [-0.2, 0) is 68.3 Å². The van der Waals surface area contributed by atoms with Gasteiger partial charge in [-0.05, 0) is 76.2 Å². The molecule has 0 amide bonds. The van der Waals surface area contributed by atoms with Crippen molar-refractivity contribution in [1.29, 1.82) is 0 Å². The number of rotatable bonds is 4. The van der Waals surface area contributed by atoms with Crippen molar-refractivity contribution >= 4 is 69.9 Å². The van der Waals surface area contributed by atoms with Crippen LogP contribution < -0.4 is 99.3 Å². The van der Waals surface area contributed by atoms with Crippen LogP contribution in [0, 0.1) is 0 Å². The molecule has 0 bridgehead atoms. The van der Waals surface area contributed by atoms with Gasteiger partial charge < -0.3 is 121 Å². The van der Waals surface area contributed by atoms with Gasteiger partial charge in [-0.15, -0.1) is 40.8 Å². The summed E-state index contributed by atoms with van der Waals surface area (Å²) < 4.78 is 7.02. The fraction of sp³-hybridized carbons (Fsp3) is 0.200. The second kappa shape index (κ2) is 45.9. The minimum absolute atomic E-state index is 0. The summed E-state index contributed by atoms with van der Waals surface area (Å²) in [5.74, 6) is 6.29. The molecule has 0 aromatic carbocycles. The zero-order valence-electron chi connectivity index (χ0n) is 40.9. The normalized spacial score (nSPS) is 11.6. The van der Waals surface area contributed by atoms with Gasteiger partial charge in [0.25, 0.3) is 0 Å². The maximum Gasteiger partial charge on any atom is 2.00 e. The van der Waals surface area contributed by atoms with Gasteiger partial charge in [0, 0.05) is 70.6 Å². The molecule has 0 saturated carbocycles. The van der Waals surface area contributed by atoms with Crippen molar-refractivity contribution in [2.75, 3.05) is 23.0 Å². The second-order valence-corrected chi connectivity index (χ2v) is 17.6. The number of hydrogen-bond donors (Lipinski definition) is 0. The Bertz CT molecular complexity index is 2670. The maximum atomic E-state index is 4.43. The maximum absolute atomic E-state index is 4.43. The predicted molar refractivity (Wildman–Crippen MR) is 264 cm³/mol. The van der Waals surface area contributed by atoms with E-state index >= 15 is 0 Å². The van der Waals surface area contributed by atoms with Crippen LogP contribution in [0.15, 0.2) is 139 Å². The summed E-state index contributed by atoms with van der Waals surface area (Å²) in [4.78, 5) is 17.0. The molecule has 4 aliphatic heterocycles. The fourth-order valence-corrected chi connectivity index (χ4v) is 8.85. The number of aromatic nitrogens is 16. The summed E-state index contributed by atoms with van der Waals surface area (Å²) in [5.41, 5.74) is 7.43. The van der Waals surface area contributed by atoms with E-state index in [1.54, 1.807) is 90.5 Å². The van der Waals surface area contributed by atoms with Gasteiger partial charge in [0.1, 0.15) is 22.8 Å². The van der Waals surface area contributed by atoms with E-state index in [0.29, 0.717) is 23.3 Å². The number of pyridine rings is 4. The number of hydrogen-bond acceptors (Lipinski definition) is 20. The molecule has 8 aromatic heterocycles. The molecule has 452 valence electrons. The topological polar surface area (TPSA) is 350 Å². The molecule has 4 radical (unpaired) electrons. The van der Waals surface area contributed by atoms with E-state index in [4.69, 9.17) is 0 Å².